The normalized spacial score (nSPS) is 14.8. The number of rotatable bonds is 5. The lowest BCUT2D eigenvalue weighted by Crippen LogP contribution is -2.50. The highest BCUT2D eigenvalue weighted by atomic mass is 79.9. The number of halogens is 1. The van der Waals surface area contributed by atoms with E-state index in [1.807, 2.05) is 11.0 Å². The number of nitrogens with zero attached hydrogens (tertiary/aromatic N) is 2. The molecule has 1 aliphatic heterocycles. The van der Waals surface area contributed by atoms with Gasteiger partial charge in [-0.1, -0.05) is 51.8 Å². The lowest BCUT2D eigenvalue weighted by atomic mass is 10.1. The van der Waals surface area contributed by atoms with Crippen LogP contribution in [0, 0.1) is 6.92 Å². The van der Waals surface area contributed by atoms with E-state index in [2.05, 4.69) is 57.3 Å². The fraction of sp³-hybridized carbons (Fsp3) is 0.333. The van der Waals surface area contributed by atoms with Gasteiger partial charge < -0.3 is 10.2 Å². The van der Waals surface area contributed by atoms with Crippen LogP contribution in [0.5, 0.6) is 0 Å². The first-order valence-electron chi connectivity index (χ1n) is 9.11. The topological polar surface area (TPSA) is 52.6 Å². The van der Waals surface area contributed by atoms with E-state index < -0.39 is 0 Å². The molecule has 1 aliphatic rings. The maximum atomic E-state index is 12.4. The summed E-state index contributed by atoms with van der Waals surface area (Å²) in [5.74, 6) is -0.267. The first-order chi connectivity index (χ1) is 13.0. The van der Waals surface area contributed by atoms with Crippen LogP contribution < -0.4 is 5.32 Å². The molecule has 1 N–H and O–H groups in total. The first-order valence-corrected chi connectivity index (χ1v) is 9.90. The molecule has 6 heteroatoms. The summed E-state index contributed by atoms with van der Waals surface area (Å²) >= 11 is 3.35. The summed E-state index contributed by atoms with van der Waals surface area (Å²) in [6.07, 6.45) is 0. The molecular formula is C21H24BrN3O2. The van der Waals surface area contributed by atoms with Crippen molar-refractivity contribution in [1.29, 1.82) is 0 Å². The molecule has 1 heterocycles. The Morgan fingerprint density at radius 3 is 2.48 bits per heavy atom. The smallest absolute Gasteiger partial charge is 0.251 e. The van der Waals surface area contributed by atoms with Gasteiger partial charge in [0.25, 0.3) is 5.91 Å². The molecule has 0 unspecified atom stereocenters. The molecule has 0 spiro atoms. The van der Waals surface area contributed by atoms with Gasteiger partial charge in [0.05, 0.1) is 6.54 Å². The highest BCUT2D eigenvalue weighted by Gasteiger charge is 2.21. The van der Waals surface area contributed by atoms with Crippen LogP contribution in [-0.4, -0.2) is 54.3 Å². The number of hydrogen-bond donors (Lipinski definition) is 1. The molecular weight excluding hydrogens is 406 g/mol. The van der Waals surface area contributed by atoms with Gasteiger partial charge in [-0.3, -0.25) is 14.5 Å². The van der Waals surface area contributed by atoms with Crippen molar-refractivity contribution in [2.75, 3.05) is 32.7 Å². The predicted molar refractivity (Wildman–Crippen MR) is 110 cm³/mol. The van der Waals surface area contributed by atoms with Crippen LogP contribution >= 0.6 is 15.9 Å². The fourth-order valence-electron chi connectivity index (χ4n) is 3.22. The van der Waals surface area contributed by atoms with Crippen LogP contribution in [0.1, 0.15) is 21.5 Å². The third-order valence-electron chi connectivity index (χ3n) is 4.70. The third kappa shape index (κ3) is 5.65. The number of benzene rings is 2. The zero-order valence-electron chi connectivity index (χ0n) is 15.5. The number of carbonyl (C=O) groups excluding carboxylic acids is 2. The van der Waals surface area contributed by atoms with E-state index in [0.29, 0.717) is 18.7 Å². The van der Waals surface area contributed by atoms with Crippen LogP contribution in [0.2, 0.25) is 0 Å². The van der Waals surface area contributed by atoms with E-state index in [0.717, 1.165) is 24.1 Å². The largest absolute Gasteiger partial charge is 0.343 e. The first kappa shape index (κ1) is 19.6. The van der Waals surface area contributed by atoms with Gasteiger partial charge in [-0.2, -0.15) is 0 Å². The maximum absolute atomic E-state index is 12.4. The Balaban J connectivity index is 1.43. The Morgan fingerprint density at radius 1 is 1.04 bits per heavy atom. The molecule has 2 aromatic carbocycles. The van der Waals surface area contributed by atoms with Crippen molar-refractivity contribution >= 4 is 27.7 Å². The Bertz CT molecular complexity index is 817. The Hall–Kier alpha value is -2.18. The van der Waals surface area contributed by atoms with Crippen molar-refractivity contribution < 1.29 is 9.59 Å². The minimum absolute atomic E-state index is 0.0310. The van der Waals surface area contributed by atoms with Crippen LogP contribution in [0.3, 0.4) is 0 Å². The lowest BCUT2D eigenvalue weighted by Gasteiger charge is -2.34. The van der Waals surface area contributed by atoms with Crippen molar-refractivity contribution in [2.24, 2.45) is 0 Å². The van der Waals surface area contributed by atoms with Crippen LogP contribution in [-0.2, 0) is 11.3 Å². The lowest BCUT2D eigenvalue weighted by molar-refractivity contribution is -0.131. The highest BCUT2D eigenvalue weighted by molar-refractivity contribution is 9.10. The number of nitrogens with one attached hydrogen (secondary N) is 1. The summed E-state index contributed by atoms with van der Waals surface area (Å²) in [5.41, 5.74) is 3.11. The molecule has 0 bridgehead atoms. The average Bonchev–Trinajstić information content (AvgIpc) is 2.66. The summed E-state index contributed by atoms with van der Waals surface area (Å²) in [6.45, 7) is 6.11. The van der Waals surface area contributed by atoms with Gasteiger partial charge in [0.15, 0.2) is 0 Å². The van der Waals surface area contributed by atoms with Gasteiger partial charge in [-0.15, -0.1) is 0 Å². The van der Waals surface area contributed by atoms with E-state index in [1.165, 1.54) is 11.1 Å². The monoisotopic (exact) mass is 429 g/mol. The predicted octanol–water partition coefficient (Wildman–Crippen LogP) is 2.83. The second-order valence-corrected chi connectivity index (χ2v) is 7.75. The molecule has 2 aromatic rings. The number of aryl methyl sites for hydroxylation is 1. The molecule has 0 radical (unpaired) electrons. The molecule has 1 saturated heterocycles. The van der Waals surface area contributed by atoms with E-state index in [9.17, 15) is 9.59 Å². The summed E-state index contributed by atoms with van der Waals surface area (Å²) in [6, 6.07) is 15.7. The van der Waals surface area contributed by atoms with Crippen LogP contribution in [0.25, 0.3) is 0 Å². The van der Waals surface area contributed by atoms with Crippen LogP contribution in [0.15, 0.2) is 53.0 Å². The van der Waals surface area contributed by atoms with Crippen molar-refractivity contribution in [3.8, 4) is 0 Å². The zero-order valence-corrected chi connectivity index (χ0v) is 17.0. The van der Waals surface area contributed by atoms with Crippen molar-refractivity contribution in [1.82, 2.24) is 15.1 Å². The van der Waals surface area contributed by atoms with Gasteiger partial charge in [0.2, 0.25) is 5.91 Å². The quantitative estimate of drug-likeness (QED) is 0.794. The summed E-state index contributed by atoms with van der Waals surface area (Å²) < 4.78 is 0.839. The minimum atomic E-state index is -0.234. The molecule has 27 heavy (non-hydrogen) atoms. The van der Waals surface area contributed by atoms with Gasteiger partial charge in [0.1, 0.15) is 0 Å². The number of hydrogen-bond acceptors (Lipinski definition) is 3. The Kier molecular flexibility index (Phi) is 6.63. The second kappa shape index (κ2) is 9.15. The highest BCUT2D eigenvalue weighted by Crippen LogP contribution is 2.12. The van der Waals surface area contributed by atoms with E-state index in [4.69, 9.17) is 0 Å². The van der Waals surface area contributed by atoms with Crippen molar-refractivity contribution in [3.05, 3.63) is 69.7 Å². The average molecular weight is 430 g/mol. The Morgan fingerprint density at radius 2 is 1.78 bits per heavy atom. The minimum Gasteiger partial charge on any atom is -0.343 e. The van der Waals surface area contributed by atoms with E-state index >= 15 is 0 Å². The van der Waals surface area contributed by atoms with Crippen molar-refractivity contribution in [2.45, 2.75) is 13.5 Å². The standard InChI is InChI=1S/C21H24BrN3O2/c1-16-4-2-5-17(12-16)15-24-8-10-25(11-9-24)20(26)14-23-21(27)18-6-3-7-19(22)13-18/h2-7,12-13H,8-11,14-15H2,1H3,(H,23,27). The maximum Gasteiger partial charge on any atom is 0.251 e. The molecule has 3 rings (SSSR count). The summed E-state index contributed by atoms with van der Waals surface area (Å²) in [5, 5.41) is 2.72. The molecule has 0 atom stereocenters. The number of carbonyl (C=O) groups is 2. The SMILES string of the molecule is Cc1cccc(CN2CCN(C(=O)CNC(=O)c3cccc(Br)c3)CC2)c1. The van der Waals surface area contributed by atoms with Crippen LogP contribution in [0.4, 0.5) is 0 Å². The van der Waals surface area contributed by atoms with E-state index in [1.54, 1.807) is 18.2 Å². The van der Waals surface area contributed by atoms with Crippen molar-refractivity contribution in [3.63, 3.8) is 0 Å². The Labute approximate surface area is 168 Å². The molecule has 2 amide bonds. The molecule has 0 aromatic heterocycles. The number of amides is 2. The molecule has 1 fully saturated rings. The summed E-state index contributed by atoms with van der Waals surface area (Å²) in [7, 11) is 0. The molecule has 5 nitrogen and oxygen atoms in total. The summed E-state index contributed by atoms with van der Waals surface area (Å²) in [4.78, 5) is 28.7. The van der Waals surface area contributed by atoms with E-state index in [-0.39, 0.29) is 18.4 Å². The third-order valence-corrected chi connectivity index (χ3v) is 5.19. The molecule has 142 valence electrons. The van der Waals surface area contributed by atoms with Gasteiger partial charge >= 0.3 is 0 Å². The second-order valence-electron chi connectivity index (χ2n) is 6.84. The number of piperazine rings is 1. The fourth-order valence-corrected chi connectivity index (χ4v) is 3.62. The van der Waals surface area contributed by atoms with Gasteiger partial charge in [-0.05, 0) is 30.7 Å². The van der Waals surface area contributed by atoms with Gasteiger partial charge in [0, 0.05) is 42.8 Å². The zero-order chi connectivity index (χ0) is 19.2. The molecule has 0 aliphatic carbocycles. The van der Waals surface area contributed by atoms with Gasteiger partial charge in [-0.25, -0.2) is 0 Å². The molecule has 0 saturated carbocycles.